The smallest absolute Gasteiger partial charge is 0.131 e. The molecule has 1 aromatic carbocycles. The fourth-order valence-corrected chi connectivity index (χ4v) is 3.59. The highest BCUT2D eigenvalue weighted by atomic mass is 19.1. The predicted octanol–water partition coefficient (Wildman–Crippen LogP) is 4.44. The lowest BCUT2D eigenvalue weighted by molar-refractivity contribution is 0.0552. The Labute approximate surface area is 121 Å². The van der Waals surface area contributed by atoms with Gasteiger partial charge in [-0.1, -0.05) is 26.8 Å². The van der Waals surface area contributed by atoms with Crippen molar-refractivity contribution in [1.29, 1.82) is 0 Å². The number of hydrogen-bond acceptors (Lipinski definition) is 2. The highest BCUT2D eigenvalue weighted by Crippen LogP contribution is 2.40. The maximum absolute atomic E-state index is 13.9. The number of ether oxygens (including phenoxy) is 1. The van der Waals surface area contributed by atoms with Gasteiger partial charge in [0.15, 0.2) is 0 Å². The summed E-state index contributed by atoms with van der Waals surface area (Å²) in [6, 6.07) is 4.60. The highest BCUT2D eigenvalue weighted by Gasteiger charge is 2.33. The molecular weight excluding hydrogens is 253 g/mol. The second-order valence-electron chi connectivity index (χ2n) is 7.09. The number of rotatable bonds is 3. The van der Waals surface area contributed by atoms with Gasteiger partial charge in [0.25, 0.3) is 0 Å². The van der Waals surface area contributed by atoms with E-state index >= 15 is 0 Å². The molecule has 1 saturated carbocycles. The van der Waals surface area contributed by atoms with Crippen LogP contribution in [0.3, 0.4) is 0 Å². The van der Waals surface area contributed by atoms with E-state index < -0.39 is 0 Å². The molecule has 0 heterocycles. The van der Waals surface area contributed by atoms with E-state index in [9.17, 15) is 4.39 Å². The summed E-state index contributed by atoms with van der Waals surface area (Å²) in [7, 11) is 0. The molecule has 0 radical (unpaired) electrons. The summed E-state index contributed by atoms with van der Waals surface area (Å²) in [5.74, 6) is 0.964. The first-order valence-electron chi connectivity index (χ1n) is 7.49. The Kier molecular flexibility index (Phi) is 4.38. The SMILES string of the molecule is CC1CC(Oc2cccc(F)c2C(C)N)CC(C)(C)C1. The zero-order chi connectivity index (χ0) is 14.9. The average molecular weight is 279 g/mol. The first kappa shape index (κ1) is 15.3. The summed E-state index contributed by atoms with van der Waals surface area (Å²) in [6.45, 7) is 8.60. The topological polar surface area (TPSA) is 35.2 Å². The van der Waals surface area contributed by atoms with Crippen LogP contribution in [0.4, 0.5) is 4.39 Å². The minimum atomic E-state index is -0.361. The molecule has 0 bridgehead atoms. The van der Waals surface area contributed by atoms with Crippen LogP contribution in [-0.4, -0.2) is 6.10 Å². The maximum atomic E-state index is 13.9. The van der Waals surface area contributed by atoms with Crippen molar-refractivity contribution in [2.24, 2.45) is 17.1 Å². The molecule has 1 aliphatic carbocycles. The van der Waals surface area contributed by atoms with Crippen LogP contribution < -0.4 is 10.5 Å². The Morgan fingerprint density at radius 2 is 2.05 bits per heavy atom. The Morgan fingerprint density at radius 1 is 1.35 bits per heavy atom. The maximum Gasteiger partial charge on any atom is 0.131 e. The summed E-state index contributed by atoms with van der Waals surface area (Å²) < 4.78 is 20.0. The van der Waals surface area contributed by atoms with Crippen molar-refractivity contribution in [2.45, 2.75) is 59.1 Å². The van der Waals surface area contributed by atoms with Crippen LogP contribution in [0.2, 0.25) is 0 Å². The Balaban J connectivity index is 2.20. The van der Waals surface area contributed by atoms with Crippen LogP contribution in [0.1, 0.15) is 58.6 Å². The van der Waals surface area contributed by atoms with Crippen molar-refractivity contribution >= 4 is 0 Å². The molecule has 1 fully saturated rings. The predicted molar refractivity (Wildman–Crippen MR) is 80.2 cm³/mol. The van der Waals surface area contributed by atoms with E-state index in [-0.39, 0.29) is 23.4 Å². The van der Waals surface area contributed by atoms with Crippen molar-refractivity contribution < 1.29 is 9.13 Å². The van der Waals surface area contributed by atoms with Crippen LogP contribution in [0, 0.1) is 17.2 Å². The minimum Gasteiger partial charge on any atom is -0.490 e. The monoisotopic (exact) mass is 279 g/mol. The molecule has 0 amide bonds. The standard InChI is InChI=1S/C17H26FNO/c1-11-8-13(10-17(3,4)9-11)20-15-7-5-6-14(18)16(15)12(2)19/h5-7,11-13H,8-10,19H2,1-4H3. The third-order valence-corrected chi connectivity index (χ3v) is 4.11. The van der Waals surface area contributed by atoms with Gasteiger partial charge in [0.1, 0.15) is 11.6 Å². The van der Waals surface area contributed by atoms with Crippen molar-refractivity contribution in [3.05, 3.63) is 29.6 Å². The van der Waals surface area contributed by atoms with Gasteiger partial charge in [0.05, 0.1) is 6.10 Å². The average Bonchev–Trinajstić information content (AvgIpc) is 2.25. The van der Waals surface area contributed by atoms with Crippen molar-refractivity contribution in [1.82, 2.24) is 0 Å². The van der Waals surface area contributed by atoms with E-state index in [0.717, 1.165) is 12.8 Å². The Bertz CT molecular complexity index is 470. The Morgan fingerprint density at radius 3 is 2.65 bits per heavy atom. The fourth-order valence-electron chi connectivity index (χ4n) is 3.59. The van der Waals surface area contributed by atoms with Crippen molar-refractivity contribution in [3.8, 4) is 5.75 Å². The van der Waals surface area contributed by atoms with Gasteiger partial charge in [-0.2, -0.15) is 0 Å². The summed E-state index contributed by atoms with van der Waals surface area (Å²) in [5, 5.41) is 0. The normalized spacial score (nSPS) is 27.1. The molecule has 3 atom stereocenters. The lowest BCUT2D eigenvalue weighted by Crippen LogP contribution is -2.34. The first-order chi connectivity index (χ1) is 9.28. The molecular formula is C17H26FNO. The first-order valence-corrected chi connectivity index (χ1v) is 7.49. The molecule has 0 spiro atoms. The third-order valence-electron chi connectivity index (χ3n) is 4.11. The molecule has 1 aromatic rings. The third kappa shape index (κ3) is 3.51. The summed E-state index contributed by atoms with van der Waals surface area (Å²) in [6.07, 6.45) is 3.40. The molecule has 0 aliphatic heterocycles. The van der Waals surface area contributed by atoms with Crippen LogP contribution in [0.25, 0.3) is 0 Å². The van der Waals surface area contributed by atoms with Gasteiger partial charge in [0, 0.05) is 11.6 Å². The lowest BCUT2D eigenvalue weighted by atomic mass is 9.71. The molecule has 112 valence electrons. The van der Waals surface area contributed by atoms with Crippen molar-refractivity contribution in [2.75, 3.05) is 0 Å². The molecule has 2 N–H and O–H groups in total. The molecule has 2 nitrogen and oxygen atoms in total. The number of nitrogens with two attached hydrogens (primary N) is 1. The fraction of sp³-hybridized carbons (Fsp3) is 0.647. The number of hydrogen-bond donors (Lipinski definition) is 1. The van der Waals surface area contributed by atoms with Crippen LogP contribution in [-0.2, 0) is 0 Å². The van der Waals surface area contributed by atoms with Gasteiger partial charge in [0.2, 0.25) is 0 Å². The van der Waals surface area contributed by atoms with Gasteiger partial charge < -0.3 is 10.5 Å². The molecule has 3 heteroatoms. The zero-order valence-corrected chi connectivity index (χ0v) is 12.9. The van der Waals surface area contributed by atoms with Crippen LogP contribution in [0.15, 0.2) is 18.2 Å². The zero-order valence-electron chi connectivity index (χ0n) is 12.9. The van der Waals surface area contributed by atoms with Gasteiger partial charge in [-0.15, -0.1) is 0 Å². The largest absolute Gasteiger partial charge is 0.490 e. The highest BCUT2D eigenvalue weighted by molar-refractivity contribution is 5.37. The van der Waals surface area contributed by atoms with Crippen LogP contribution >= 0.6 is 0 Å². The van der Waals surface area contributed by atoms with Gasteiger partial charge in [-0.05, 0) is 49.7 Å². The summed E-state index contributed by atoms with van der Waals surface area (Å²) >= 11 is 0. The van der Waals surface area contributed by atoms with Gasteiger partial charge in [-0.3, -0.25) is 0 Å². The summed E-state index contributed by atoms with van der Waals surface area (Å²) in [4.78, 5) is 0. The molecule has 20 heavy (non-hydrogen) atoms. The van der Waals surface area contributed by atoms with Gasteiger partial charge >= 0.3 is 0 Å². The Hall–Kier alpha value is -1.09. The second kappa shape index (κ2) is 5.72. The van der Waals surface area contributed by atoms with E-state index in [1.54, 1.807) is 13.0 Å². The minimum absolute atomic E-state index is 0.146. The molecule has 2 rings (SSSR count). The van der Waals surface area contributed by atoms with Crippen molar-refractivity contribution in [3.63, 3.8) is 0 Å². The van der Waals surface area contributed by atoms with E-state index in [1.807, 2.05) is 6.07 Å². The molecule has 0 aromatic heterocycles. The van der Waals surface area contributed by atoms with E-state index in [1.165, 1.54) is 12.5 Å². The number of benzene rings is 1. The van der Waals surface area contributed by atoms with E-state index in [2.05, 4.69) is 20.8 Å². The summed E-state index contributed by atoms with van der Waals surface area (Å²) in [5.41, 5.74) is 6.65. The van der Waals surface area contributed by atoms with E-state index in [0.29, 0.717) is 17.2 Å². The van der Waals surface area contributed by atoms with E-state index in [4.69, 9.17) is 10.5 Å². The molecule has 1 aliphatic rings. The second-order valence-corrected chi connectivity index (χ2v) is 7.09. The molecule has 0 saturated heterocycles. The van der Waals surface area contributed by atoms with Crippen LogP contribution in [0.5, 0.6) is 5.75 Å². The quantitative estimate of drug-likeness (QED) is 0.887. The lowest BCUT2D eigenvalue weighted by Gasteiger charge is -2.39. The number of halogens is 1. The van der Waals surface area contributed by atoms with Gasteiger partial charge in [-0.25, -0.2) is 4.39 Å². The molecule has 3 unspecified atom stereocenters.